The smallest absolute Gasteiger partial charge is 0.388 e. The molecule has 3 rings (SSSR count). The first-order chi connectivity index (χ1) is 12.0. The van der Waals surface area contributed by atoms with Gasteiger partial charge in [0.1, 0.15) is 11.6 Å². The molecule has 0 radical (unpaired) electrons. The molecular formula is C16H14FN5O2S. The highest BCUT2D eigenvalue weighted by atomic mass is 32.1. The molecule has 3 aromatic heterocycles. The van der Waals surface area contributed by atoms with Crippen molar-refractivity contribution in [3.63, 3.8) is 0 Å². The number of carbonyl (C=O) groups excluding carboxylic acids is 1. The summed E-state index contributed by atoms with van der Waals surface area (Å²) in [5.41, 5.74) is 1.33. The maximum absolute atomic E-state index is 13.3. The molecule has 1 amide bonds. The number of aryl methyl sites for hydroxylation is 2. The van der Waals surface area contributed by atoms with Crippen molar-refractivity contribution in [1.29, 1.82) is 0 Å². The highest BCUT2D eigenvalue weighted by Gasteiger charge is 2.16. The standard InChI is InChI=1S/C16H14FN5O2S/c1-9-7-12(4-6-18-9)21-16(23)24-14-15(25-10(2)20-14)22-13-8-11(17)3-5-19-13/h3-8H,1-2H3,(H,19,22)(H,18,21,23). The maximum Gasteiger partial charge on any atom is 0.418 e. The van der Waals surface area contributed by atoms with Gasteiger partial charge in [0.25, 0.3) is 5.88 Å². The first-order valence-electron chi connectivity index (χ1n) is 7.27. The zero-order valence-corrected chi connectivity index (χ0v) is 14.2. The summed E-state index contributed by atoms with van der Waals surface area (Å²) in [5.74, 6) is -0.0393. The molecule has 9 heteroatoms. The van der Waals surface area contributed by atoms with Crippen molar-refractivity contribution in [1.82, 2.24) is 15.0 Å². The number of aromatic nitrogens is 3. The van der Waals surface area contributed by atoms with Crippen LogP contribution in [0.2, 0.25) is 0 Å². The molecule has 0 bridgehead atoms. The van der Waals surface area contributed by atoms with Crippen LogP contribution in [0.3, 0.4) is 0 Å². The van der Waals surface area contributed by atoms with Crippen LogP contribution >= 0.6 is 11.3 Å². The fourth-order valence-corrected chi connectivity index (χ4v) is 2.75. The third-order valence-corrected chi connectivity index (χ3v) is 3.87. The number of thiazole rings is 1. The van der Waals surface area contributed by atoms with Crippen LogP contribution in [0.1, 0.15) is 10.7 Å². The quantitative estimate of drug-likeness (QED) is 0.731. The molecule has 0 unspecified atom stereocenters. The molecule has 0 fully saturated rings. The van der Waals surface area contributed by atoms with Crippen LogP contribution < -0.4 is 15.4 Å². The monoisotopic (exact) mass is 359 g/mol. The number of ether oxygens (including phenoxy) is 1. The molecule has 0 aliphatic rings. The molecule has 3 heterocycles. The maximum atomic E-state index is 13.3. The van der Waals surface area contributed by atoms with Crippen LogP contribution in [0, 0.1) is 19.7 Å². The van der Waals surface area contributed by atoms with Crippen LogP contribution in [0.25, 0.3) is 0 Å². The Morgan fingerprint density at radius 2 is 2.00 bits per heavy atom. The van der Waals surface area contributed by atoms with E-state index in [1.54, 1.807) is 25.3 Å². The number of nitrogens with zero attached hydrogens (tertiary/aromatic N) is 3. The van der Waals surface area contributed by atoms with Gasteiger partial charge < -0.3 is 10.1 Å². The van der Waals surface area contributed by atoms with Gasteiger partial charge in [-0.2, -0.15) is 0 Å². The van der Waals surface area contributed by atoms with Gasteiger partial charge in [-0.05, 0) is 32.0 Å². The van der Waals surface area contributed by atoms with E-state index in [2.05, 4.69) is 25.6 Å². The lowest BCUT2D eigenvalue weighted by atomic mass is 10.3. The Morgan fingerprint density at radius 1 is 1.20 bits per heavy atom. The highest BCUT2D eigenvalue weighted by molar-refractivity contribution is 7.16. The van der Waals surface area contributed by atoms with Crippen LogP contribution in [-0.4, -0.2) is 21.0 Å². The SMILES string of the molecule is Cc1cc(NC(=O)Oc2nc(C)sc2Nc2cc(F)ccn2)ccn1. The van der Waals surface area contributed by atoms with E-state index in [-0.39, 0.29) is 5.88 Å². The second-order valence-corrected chi connectivity index (χ2v) is 6.26. The van der Waals surface area contributed by atoms with Gasteiger partial charge in [-0.25, -0.2) is 19.2 Å². The normalized spacial score (nSPS) is 10.4. The molecule has 7 nitrogen and oxygen atoms in total. The fraction of sp³-hybridized carbons (Fsp3) is 0.125. The number of hydrogen-bond donors (Lipinski definition) is 2. The van der Waals surface area contributed by atoms with Crippen molar-refractivity contribution in [2.24, 2.45) is 0 Å². The van der Waals surface area contributed by atoms with Gasteiger partial charge in [0, 0.05) is 29.8 Å². The Kier molecular flexibility index (Phi) is 4.85. The average Bonchev–Trinajstić information content (AvgIpc) is 2.86. The lowest BCUT2D eigenvalue weighted by Crippen LogP contribution is -2.17. The van der Waals surface area contributed by atoms with Crippen LogP contribution in [0.5, 0.6) is 5.88 Å². The van der Waals surface area contributed by atoms with Crippen molar-refractivity contribution in [3.8, 4) is 5.88 Å². The summed E-state index contributed by atoms with van der Waals surface area (Å²) in [6.45, 7) is 3.58. The summed E-state index contributed by atoms with van der Waals surface area (Å²) in [6, 6.07) is 5.84. The van der Waals surface area contributed by atoms with Gasteiger partial charge in [0.05, 0.1) is 5.01 Å². The number of rotatable bonds is 4. The third-order valence-electron chi connectivity index (χ3n) is 3.00. The van der Waals surface area contributed by atoms with Crippen LogP contribution in [0.4, 0.5) is 25.7 Å². The second-order valence-electron chi connectivity index (χ2n) is 5.05. The van der Waals surface area contributed by atoms with Gasteiger partial charge >= 0.3 is 6.09 Å². The first kappa shape index (κ1) is 16.8. The molecule has 25 heavy (non-hydrogen) atoms. The predicted molar refractivity (Wildman–Crippen MR) is 92.9 cm³/mol. The number of carbonyl (C=O) groups is 1. The number of nitrogens with one attached hydrogen (secondary N) is 2. The van der Waals surface area contributed by atoms with Gasteiger partial charge in [-0.15, -0.1) is 0 Å². The molecule has 0 spiro atoms. The molecule has 0 aliphatic heterocycles. The van der Waals surface area contributed by atoms with Gasteiger partial charge in [0.15, 0.2) is 5.00 Å². The lowest BCUT2D eigenvalue weighted by Gasteiger charge is -2.07. The molecular weight excluding hydrogens is 345 g/mol. The second kappa shape index (κ2) is 7.22. The molecule has 0 atom stereocenters. The summed E-state index contributed by atoms with van der Waals surface area (Å²) in [6.07, 6.45) is 2.23. The van der Waals surface area contributed by atoms with Crippen LogP contribution in [-0.2, 0) is 0 Å². The van der Waals surface area contributed by atoms with E-state index < -0.39 is 11.9 Å². The Morgan fingerprint density at radius 3 is 2.76 bits per heavy atom. The average molecular weight is 359 g/mol. The van der Waals surface area contributed by atoms with E-state index >= 15 is 0 Å². The minimum atomic E-state index is -0.689. The van der Waals surface area contributed by atoms with E-state index in [4.69, 9.17) is 4.74 Å². The number of halogens is 1. The largest absolute Gasteiger partial charge is 0.418 e. The van der Waals surface area contributed by atoms with Crippen molar-refractivity contribution < 1.29 is 13.9 Å². The molecule has 3 aromatic rings. The molecule has 0 saturated carbocycles. The third kappa shape index (κ3) is 4.48. The molecule has 0 saturated heterocycles. The van der Waals surface area contributed by atoms with Crippen molar-refractivity contribution in [3.05, 3.63) is 53.2 Å². The molecule has 128 valence electrons. The van der Waals surface area contributed by atoms with E-state index in [0.717, 1.165) is 5.69 Å². The lowest BCUT2D eigenvalue weighted by molar-refractivity contribution is 0.214. The van der Waals surface area contributed by atoms with E-state index in [9.17, 15) is 9.18 Å². The molecule has 0 aromatic carbocycles. The van der Waals surface area contributed by atoms with Gasteiger partial charge in [-0.1, -0.05) is 11.3 Å². The van der Waals surface area contributed by atoms with E-state index in [0.29, 0.717) is 21.5 Å². The minimum absolute atomic E-state index is 0.0943. The first-order valence-corrected chi connectivity index (χ1v) is 8.09. The minimum Gasteiger partial charge on any atom is -0.388 e. The zero-order chi connectivity index (χ0) is 17.8. The molecule has 0 aliphatic carbocycles. The van der Waals surface area contributed by atoms with Crippen molar-refractivity contribution >= 4 is 33.9 Å². The summed E-state index contributed by atoms with van der Waals surface area (Å²) in [5, 5.41) is 6.64. The zero-order valence-electron chi connectivity index (χ0n) is 13.4. The Balaban J connectivity index is 1.73. The number of hydrogen-bond acceptors (Lipinski definition) is 7. The predicted octanol–water partition coefficient (Wildman–Crippen LogP) is 4.04. The van der Waals surface area contributed by atoms with Gasteiger partial charge in [0.2, 0.25) is 0 Å². The summed E-state index contributed by atoms with van der Waals surface area (Å²) < 4.78 is 18.5. The van der Waals surface area contributed by atoms with Crippen molar-refractivity contribution in [2.45, 2.75) is 13.8 Å². The fourth-order valence-electron chi connectivity index (χ4n) is 2.00. The number of pyridine rings is 2. The van der Waals surface area contributed by atoms with E-state index in [1.807, 2.05) is 6.92 Å². The Labute approximate surface area is 146 Å². The topological polar surface area (TPSA) is 89.0 Å². The summed E-state index contributed by atoms with van der Waals surface area (Å²) >= 11 is 1.27. The summed E-state index contributed by atoms with van der Waals surface area (Å²) in [4.78, 5) is 24.3. The number of anilines is 3. The highest BCUT2D eigenvalue weighted by Crippen LogP contribution is 2.33. The van der Waals surface area contributed by atoms with Crippen LogP contribution in [0.15, 0.2) is 36.7 Å². The number of amides is 1. The van der Waals surface area contributed by atoms with Crippen molar-refractivity contribution in [2.75, 3.05) is 10.6 Å². The summed E-state index contributed by atoms with van der Waals surface area (Å²) in [7, 11) is 0. The van der Waals surface area contributed by atoms with Gasteiger partial charge in [-0.3, -0.25) is 10.3 Å². The van der Waals surface area contributed by atoms with E-state index in [1.165, 1.54) is 29.7 Å². The molecule has 2 N–H and O–H groups in total. The Bertz CT molecular complexity index is 915. The Hall–Kier alpha value is -3.07.